The average Bonchev–Trinajstić information content (AvgIpc) is 2.61. The van der Waals surface area contributed by atoms with Gasteiger partial charge in [0.2, 0.25) is 0 Å². The predicted molar refractivity (Wildman–Crippen MR) is 91.8 cm³/mol. The van der Waals surface area contributed by atoms with E-state index in [-0.39, 0.29) is 0 Å². The summed E-state index contributed by atoms with van der Waals surface area (Å²) in [4.78, 5) is 24.8. The Hall–Kier alpha value is -2.88. The van der Waals surface area contributed by atoms with Crippen LogP contribution < -0.4 is 9.47 Å². The van der Waals surface area contributed by atoms with Crippen LogP contribution in [0.2, 0.25) is 0 Å². The Bertz CT molecular complexity index is 654. The van der Waals surface area contributed by atoms with Gasteiger partial charge in [0.15, 0.2) is 0 Å². The predicted octanol–water partition coefficient (Wildman–Crippen LogP) is 4.31. The minimum Gasteiger partial charge on any atom is -0.423 e. The van der Waals surface area contributed by atoms with Gasteiger partial charge in [0.1, 0.15) is 11.5 Å². The Morgan fingerprint density at radius 2 is 1.00 bits per heavy atom. The smallest absolute Gasteiger partial charge is 0.339 e. The molecule has 0 amide bonds. The molecule has 0 spiro atoms. The van der Waals surface area contributed by atoms with Crippen molar-refractivity contribution in [2.45, 2.75) is 26.7 Å². The standard InChI is InChI=1S/C20H20O4/c1-3-17(19(21)23-15-11-7-5-8-12-15)18(4-2)20(22)24-16-13-9-6-10-14-16/h5-14H,3-4H2,1-2H3/b18-17-. The second-order valence-corrected chi connectivity index (χ2v) is 5.07. The van der Waals surface area contributed by atoms with Crippen molar-refractivity contribution in [3.63, 3.8) is 0 Å². The second kappa shape index (κ2) is 8.67. The lowest BCUT2D eigenvalue weighted by Crippen LogP contribution is -2.19. The summed E-state index contributed by atoms with van der Waals surface area (Å²) in [5.41, 5.74) is 0.671. The molecule has 0 saturated carbocycles. The first kappa shape index (κ1) is 17.5. The molecule has 0 fully saturated rings. The molecule has 0 aliphatic carbocycles. The Labute approximate surface area is 141 Å². The molecule has 24 heavy (non-hydrogen) atoms. The number of hydrogen-bond acceptors (Lipinski definition) is 4. The van der Waals surface area contributed by atoms with Crippen molar-refractivity contribution in [3.8, 4) is 11.5 Å². The molecule has 0 saturated heterocycles. The molecule has 0 radical (unpaired) electrons. The minimum atomic E-state index is -0.523. The van der Waals surface area contributed by atoms with Crippen molar-refractivity contribution in [3.05, 3.63) is 71.8 Å². The SMILES string of the molecule is CC/C(C(=O)Oc1ccccc1)=C(\CC)C(=O)Oc1ccccc1. The molecule has 0 atom stereocenters. The van der Waals surface area contributed by atoms with Gasteiger partial charge in [0, 0.05) is 11.1 Å². The van der Waals surface area contributed by atoms with Crippen molar-refractivity contribution in [2.24, 2.45) is 0 Å². The van der Waals surface area contributed by atoms with Crippen LogP contribution in [0.5, 0.6) is 11.5 Å². The molecule has 0 aliphatic rings. The van der Waals surface area contributed by atoms with Gasteiger partial charge in [-0.3, -0.25) is 0 Å². The molecule has 0 bridgehead atoms. The lowest BCUT2D eigenvalue weighted by molar-refractivity contribution is -0.133. The monoisotopic (exact) mass is 324 g/mol. The van der Waals surface area contributed by atoms with Crippen LogP contribution in [0.25, 0.3) is 0 Å². The Kier molecular flexibility index (Phi) is 6.32. The summed E-state index contributed by atoms with van der Waals surface area (Å²) >= 11 is 0. The molecule has 124 valence electrons. The van der Waals surface area contributed by atoms with E-state index in [2.05, 4.69) is 0 Å². The molecule has 2 rings (SSSR count). The molecule has 0 aromatic heterocycles. The van der Waals surface area contributed by atoms with Gasteiger partial charge in [-0.2, -0.15) is 0 Å². The van der Waals surface area contributed by atoms with E-state index < -0.39 is 11.9 Å². The summed E-state index contributed by atoms with van der Waals surface area (Å²) in [5.74, 6) is -0.156. The summed E-state index contributed by atoms with van der Waals surface area (Å²) in [6, 6.07) is 17.6. The van der Waals surface area contributed by atoms with Crippen LogP contribution in [0, 0.1) is 0 Å². The van der Waals surface area contributed by atoms with Gasteiger partial charge in [-0.25, -0.2) is 9.59 Å². The first-order valence-corrected chi connectivity index (χ1v) is 7.92. The van der Waals surface area contributed by atoms with Crippen LogP contribution >= 0.6 is 0 Å². The highest BCUT2D eigenvalue weighted by atomic mass is 16.5. The first-order valence-electron chi connectivity index (χ1n) is 7.92. The van der Waals surface area contributed by atoms with E-state index in [4.69, 9.17) is 9.47 Å². The molecule has 2 aromatic rings. The van der Waals surface area contributed by atoms with Gasteiger partial charge < -0.3 is 9.47 Å². The summed E-state index contributed by atoms with van der Waals surface area (Å²) in [5, 5.41) is 0. The average molecular weight is 324 g/mol. The van der Waals surface area contributed by atoms with Crippen LogP contribution in [0.1, 0.15) is 26.7 Å². The van der Waals surface area contributed by atoms with E-state index >= 15 is 0 Å². The lowest BCUT2D eigenvalue weighted by Gasteiger charge is -2.12. The summed E-state index contributed by atoms with van der Waals surface area (Å²) in [7, 11) is 0. The number of carbonyl (C=O) groups excluding carboxylic acids is 2. The summed E-state index contributed by atoms with van der Waals surface area (Å²) in [6.45, 7) is 3.63. The van der Waals surface area contributed by atoms with Crippen LogP contribution in [-0.2, 0) is 9.59 Å². The zero-order valence-electron chi connectivity index (χ0n) is 13.8. The van der Waals surface area contributed by atoms with Crippen LogP contribution in [0.4, 0.5) is 0 Å². The van der Waals surface area contributed by atoms with Crippen molar-refractivity contribution < 1.29 is 19.1 Å². The van der Waals surface area contributed by atoms with E-state index in [9.17, 15) is 9.59 Å². The number of carbonyl (C=O) groups is 2. The van der Waals surface area contributed by atoms with E-state index in [1.807, 2.05) is 26.0 Å². The number of benzene rings is 2. The topological polar surface area (TPSA) is 52.6 Å². The molecule has 0 N–H and O–H groups in total. The highest BCUT2D eigenvalue weighted by Gasteiger charge is 2.21. The molecule has 2 aromatic carbocycles. The third kappa shape index (κ3) is 4.56. The molecular weight excluding hydrogens is 304 g/mol. The second-order valence-electron chi connectivity index (χ2n) is 5.07. The van der Waals surface area contributed by atoms with Gasteiger partial charge in [-0.15, -0.1) is 0 Å². The number of rotatable bonds is 6. The maximum Gasteiger partial charge on any atom is 0.339 e. The molecule has 4 nitrogen and oxygen atoms in total. The maximum absolute atomic E-state index is 12.4. The van der Waals surface area contributed by atoms with Gasteiger partial charge in [-0.05, 0) is 37.1 Å². The third-order valence-electron chi connectivity index (χ3n) is 3.47. The van der Waals surface area contributed by atoms with Crippen molar-refractivity contribution in [2.75, 3.05) is 0 Å². The minimum absolute atomic E-state index is 0.335. The van der Waals surface area contributed by atoms with Crippen molar-refractivity contribution >= 4 is 11.9 Å². The van der Waals surface area contributed by atoms with Gasteiger partial charge >= 0.3 is 11.9 Å². The van der Waals surface area contributed by atoms with E-state index in [0.29, 0.717) is 35.5 Å². The number of para-hydroxylation sites is 2. The largest absolute Gasteiger partial charge is 0.423 e. The number of esters is 2. The first-order chi connectivity index (χ1) is 11.7. The van der Waals surface area contributed by atoms with Crippen molar-refractivity contribution in [1.29, 1.82) is 0 Å². The van der Waals surface area contributed by atoms with Crippen LogP contribution in [0.3, 0.4) is 0 Å². The van der Waals surface area contributed by atoms with E-state index in [0.717, 1.165) is 0 Å². The normalized spacial score (nSPS) is 11.4. The summed E-state index contributed by atoms with van der Waals surface area (Å²) < 4.78 is 10.7. The Morgan fingerprint density at radius 1 is 0.667 bits per heavy atom. The van der Waals surface area contributed by atoms with E-state index in [1.54, 1.807) is 48.5 Å². The van der Waals surface area contributed by atoms with Gasteiger partial charge in [-0.1, -0.05) is 50.2 Å². The Balaban J connectivity index is 2.21. The number of ether oxygens (including phenoxy) is 2. The summed E-state index contributed by atoms with van der Waals surface area (Å²) in [6.07, 6.45) is 0.775. The zero-order valence-corrected chi connectivity index (χ0v) is 13.8. The maximum atomic E-state index is 12.4. The fourth-order valence-electron chi connectivity index (χ4n) is 2.28. The quantitative estimate of drug-likeness (QED) is 0.451. The fourth-order valence-corrected chi connectivity index (χ4v) is 2.28. The van der Waals surface area contributed by atoms with E-state index in [1.165, 1.54) is 0 Å². The third-order valence-corrected chi connectivity index (χ3v) is 3.47. The van der Waals surface area contributed by atoms with Gasteiger partial charge in [0.05, 0.1) is 0 Å². The number of hydrogen-bond donors (Lipinski definition) is 0. The van der Waals surface area contributed by atoms with Crippen LogP contribution in [0.15, 0.2) is 71.8 Å². The lowest BCUT2D eigenvalue weighted by atomic mass is 10.0. The molecule has 0 unspecified atom stereocenters. The molecule has 0 heterocycles. The fraction of sp³-hybridized carbons (Fsp3) is 0.200. The molecular formula is C20H20O4. The Morgan fingerprint density at radius 3 is 1.29 bits per heavy atom. The highest BCUT2D eigenvalue weighted by Crippen LogP contribution is 2.20. The van der Waals surface area contributed by atoms with Gasteiger partial charge in [0.25, 0.3) is 0 Å². The molecule has 0 aliphatic heterocycles. The van der Waals surface area contributed by atoms with Crippen LogP contribution in [-0.4, -0.2) is 11.9 Å². The molecule has 4 heteroatoms. The highest BCUT2D eigenvalue weighted by molar-refractivity contribution is 6.01. The van der Waals surface area contributed by atoms with Crippen molar-refractivity contribution in [1.82, 2.24) is 0 Å². The zero-order chi connectivity index (χ0) is 17.4.